The van der Waals surface area contributed by atoms with Crippen molar-refractivity contribution >= 4 is 15.7 Å². The molecule has 0 aliphatic carbocycles. The summed E-state index contributed by atoms with van der Waals surface area (Å²) < 4.78 is 27.7. The summed E-state index contributed by atoms with van der Waals surface area (Å²) in [4.78, 5) is 0.336. The highest BCUT2D eigenvalue weighted by molar-refractivity contribution is 7.89. The smallest absolute Gasteiger partial charge is 0.241 e. The van der Waals surface area contributed by atoms with Crippen molar-refractivity contribution in [2.75, 3.05) is 12.0 Å². The largest absolute Gasteiger partial charge is 0.324 e. The van der Waals surface area contributed by atoms with Crippen LogP contribution in [0.2, 0.25) is 0 Å². The van der Waals surface area contributed by atoms with E-state index in [4.69, 9.17) is 5.84 Å². The topological polar surface area (TPSA) is 84.2 Å². The van der Waals surface area contributed by atoms with E-state index in [0.29, 0.717) is 28.3 Å². The normalized spacial score (nSPS) is 12.5. The van der Waals surface area contributed by atoms with Crippen LogP contribution >= 0.6 is 0 Å². The van der Waals surface area contributed by atoms with Gasteiger partial charge in [0.25, 0.3) is 0 Å². The van der Waals surface area contributed by atoms with Crippen LogP contribution < -0.4 is 16.0 Å². The highest BCUT2D eigenvalue weighted by Crippen LogP contribution is 2.25. The van der Waals surface area contributed by atoms with E-state index < -0.39 is 10.0 Å². The van der Waals surface area contributed by atoms with Crippen LogP contribution in [0.5, 0.6) is 0 Å². The van der Waals surface area contributed by atoms with Gasteiger partial charge in [-0.3, -0.25) is 5.84 Å². The average Bonchev–Trinajstić information content (AvgIpc) is 2.35. The summed E-state index contributed by atoms with van der Waals surface area (Å²) in [6.07, 6.45) is 0.906. The van der Waals surface area contributed by atoms with E-state index in [-0.39, 0.29) is 5.41 Å². The zero-order chi connectivity index (χ0) is 15.6. The maximum absolute atomic E-state index is 12.5. The predicted molar refractivity (Wildman–Crippen MR) is 83.0 cm³/mol. The SMILES string of the molecule is CCC(C)(C)CNS(=O)(=O)c1c(C)cc(NN)cc1C. The van der Waals surface area contributed by atoms with Crippen LogP contribution in [0, 0.1) is 19.3 Å². The van der Waals surface area contributed by atoms with Crippen LogP contribution in [-0.4, -0.2) is 15.0 Å². The van der Waals surface area contributed by atoms with E-state index in [2.05, 4.69) is 10.1 Å². The van der Waals surface area contributed by atoms with Gasteiger partial charge in [0.15, 0.2) is 0 Å². The van der Waals surface area contributed by atoms with E-state index in [1.54, 1.807) is 26.0 Å². The Hall–Kier alpha value is -1.11. The molecule has 6 heteroatoms. The molecule has 20 heavy (non-hydrogen) atoms. The van der Waals surface area contributed by atoms with Crippen LogP contribution in [0.4, 0.5) is 5.69 Å². The van der Waals surface area contributed by atoms with Gasteiger partial charge in [-0.25, -0.2) is 13.1 Å². The number of sulfonamides is 1. The highest BCUT2D eigenvalue weighted by Gasteiger charge is 2.23. The van der Waals surface area contributed by atoms with Crippen molar-refractivity contribution < 1.29 is 8.42 Å². The Morgan fingerprint density at radius 2 is 1.70 bits per heavy atom. The third-order valence-corrected chi connectivity index (χ3v) is 5.30. The van der Waals surface area contributed by atoms with E-state index in [9.17, 15) is 8.42 Å². The molecule has 114 valence electrons. The molecule has 0 heterocycles. The van der Waals surface area contributed by atoms with E-state index in [1.165, 1.54) is 0 Å². The fourth-order valence-corrected chi connectivity index (χ4v) is 3.64. The molecule has 0 spiro atoms. The molecule has 4 N–H and O–H groups in total. The van der Waals surface area contributed by atoms with Crippen molar-refractivity contribution in [2.24, 2.45) is 11.3 Å². The Morgan fingerprint density at radius 3 is 2.10 bits per heavy atom. The molecule has 1 aromatic carbocycles. The second-order valence-corrected chi connectivity index (χ2v) is 7.63. The van der Waals surface area contributed by atoms with Crippen molar-refractivity contribution in [3.63, 3.8) is 0 Å². The molecular formula is C14H25N3O2S. The monoisotopic (exact) mass is 299 g/mol. The first-order chi connectivity index (χ1) is 9.13. The van der Waals surface area contributed by atoms with E-state index in [0.717, 1.165) is 6.42 Å². The number of hydrazine groups is 1. The van der Waals surface area contributed by atoms with Gasteiger partial charge < -0.3 is 5.43 Å². The second-order valence-electron chi connectivity index (χ2n) is 5.93. The number of aryl methyl sites for hydroxylation is 2. The number of nitrogen functional groups attached to an aromatic ring is 1. The number of hydrogen-bond donors (Lipinski definition) is 3. The molecule has 0 fully saturated rings. The number of hydrogen-bond acceptors (Lipinski definition) is 4. The molecule has 0 unspecified atom stereocenters. The zero-order valence-electron chi connectivity index (χ0n) is 12.9. The Kier molecular flexibility index (Phi) is 5.18. The molecule has 1 rings (SSSR count). The van der Waals surface area contributed by atoms with E-state index >= 15 is 0 Å². The molecule has 0 saturated heterocycles. The quantitative estimate of drug-likeness (QED) is 0.556. The number of nitrogens with two attached hydrogens (primary N) is 1. The minimum Gasteiger partial charge on any atom is -0.324 e. The first-order valence-corrected chi connectivity index (χ1v) is 8.19. The molecule has 0 saturated carbocycles. The molecule has 0 bridgehead atoms. The summed E-state index contributed by atoms with van der Waals surface area (Å²) in [6.45, 7) is 10.1. The summed E-state index contributed by atoms with van der Waals surface area (Å²) in [7, 11) is -3.51. The van der Waals surface area contributed by atoms with Gasteiger partial charge in [-0.15, -0.1) is 0 Å². The Morgan fingerprint density at radius 1 is 1.20 bits per heavy atom. The van der Waals surface area contributed by atoms with Crippen molar-refractivity contribution in [3.8, 4) is 0 Å². The van der Waals surface area contributed by atoms with Crippen molar-refractivity contribution in [3.05, 3.63) is 23.3 Å². The van der Waals surface area contributed by atoms with Gasteiger partial charge in [-0.2, -0.15) is 0 Å². The molecule has 1 aromatic rings. The maximum atomic E-state index is 12.5. The number of benzene rings is 1. The van der Waals surface area contributed by atoms with Gasteiger partial charge in [-0.05, 0) is 48.9 Å². The molecule has 0 atom stereocenters. The predicted octanol–water partition coefficient (Wildman–Crippen LogP) is 2.30. The van der Waals surface area contributed by atoms with Gasteiger partial charge >= 0.3 is 0 Å². The number of rotatable bonds is 6. The zero-order valence-corrected chi connectivity index (χ0v) is 13.7. The lowest BCUT2D eigenvalue weighted by atomic mass is 9.91. The fourth-order valence-electron chi connectivity index (χ4n) is 1.95. The Bertz CT molecular complexity index is 557. The summed E-state index contributed by atoms with van der Waals surface area (Å²) in [6, 6.07) is 3.46. The van der Waals surface area contributed by atoms with Crippen LogP contribution in [0.3, 0.4) is 0 Å². The lowest BCUT2D eigenvalue weighted by molar-refractivity contribution is 0.350. The summed E-state index contributed by atoms with van der Waals surface area (Å²) in [5, 5.41) is 0. The molecule has 0 aliphatic rings. The fraction of sp³-hybridized carbons (Fsp3) is 0.571. The molecule has 0 aromatic heterocycles. The Balaban J connectivity index is 3.11. The average molecular weight is 299 g/mol. The second kappa shape index (κ2) is 6.11. The van der Waals surface area contributed by atoms with Gasteiger partial charge in [-0.1, -0.05) is 20.8 Å². The maximum Gasteiger partial charge on any atom is 0.241 e. The molecular weight excluding hydrogens is 274 g/mol. The van der Waals surface area contributed by atoms with Gasteiger partial charge in [0.1, 0.15) is 0 Å². The summed E-state index contributed by atoms with van der Waals surface area (Å²) in [5.41, 5.74) is 4.54. The van der Waals surface area contributed by atoms with Crippen LogP contribution in [0.25, 0.3) is 0 Å². The first-order valence-electron chi connectivity index (χ1n) is 6.70. The third kappa shape index (κ3) is 3.94. The molecule has 0 amide bonds. The molecule has 5 nitrogen and oxygen atoms in total. The van der Waals surface area contributed by atoms with Crippen LogP contribution in [-0.2, 0) is 10.0 Å². The first kappa shape index (κ1) is 16.9. The summed E-state index contributed by atoms with van der Waals surface area (Å²) >= 11 is 0. The minimum absolute atomic E-state index is 0.0619. The lowest BCUT2D eigenvalue weighted by Gasteiger charge is -2.23. The Labute approximate surface area is 122 Å². The molecule has 0 radical (unpaired) electrons. The lowest BCUT2D eigenvalue weighted by Crippen LogP contribution is -2.34. The van der Waals surface area contributed by atoms with Gasteiger partial charge in [0.2, 0.25) is 10.0 Å². The van der Waals surface area contributed by atoms with E-state index in [1.807, 2.05) is 20.8 Å². The highest BCUT2D eigenvalue weighted by atomic mass is 32.2. The third-order valence-electron chi connectivity index (χ3n) is 3.59. The summed E-state index contributed by atoms with van der Waals surface area (Å²) in [5.74, 6) is 5.37. The van der Waals surface area contributed by atoms with Crippen molar-refractivity contribution in [1.82, 2.24) is 4.72 Å². The van der Waals surface area contributed by atoms with Crippen molar-refractivity contribution in [1.29, 1.82) is 0 Å². The molecule has 0 aliphatic heterocycles. The minimum atomic E-state index is -3.51. The van der Waals surface area contributed by atoms with Crippen LogP contribution in [0.15, 0.2) is 17.0 Å². The van der Waals surface area contributed by atoms with Crippen LogP contribution in [0.1, 0.15) is 38.3 Å². The van der Waals surface area contributed by atoms with Crippen molar-refractivity contribution in [2.45, 2.75) is 45.9 Å². The standard InChI is InChI=1S/C14H25N3O2S/c1-6-14(4,5)9-16-20(18,19)13-10(2)7-12(17-15)8-11(13)3/h7-8,16-17H,6,9,15H2,1-5H3. The number of anilines is 1. The number of nitrogens with one attached hydrogen (secondary N) is 2. The van der Waals surface area contributed by atoms with Gasteiger partial charge in [0.05, 0.1) is 4.90 Å². The van der Waals surface area contributed by atoms with Gasteiger partial charge in [0, 0.05) is 12.2 Å².